The number of carbonyl (C=O) groups excluding carboxylic acids is 1. The second-order valence-corrected chi connectivity index (χ2v) is 5.92. The molecule has 1 aliphatic rings. The highest BCUT2D eigenvalue weighted by Gasteiger charge is 2.24. The average molecular weight is 330 g/mol. The molecule has 3 rings (SSSR count). The molecular formula is C17H22N4O3. The molecule has 2 aromatic heterocycles. The molecular weight excluding hydrogens is 308 g/mol. The molecule has 0 unspecified atom stereocenters. The summed E-state index contributed by atoms with van der Waals surface area (Å²) in [5.74, 6) is 0.996. The molecule has 1 saturated heterocycles. The molecule has 0 spiro atoms. The van der Waals surface area contributed by atoms with Crippen molar-refractivity contribution in [2.24, 2.45) is 0 Å². The largest absolute Gasteiger partial charge is 0.378 e. The van der Waals surface area contributed by atoms with E-state index < -0.39 is 0 Å². The summed E-state index contributed by atoms with van der Waals surface area (Å²) >= 11 is 0. The number of carbonyl (C=O) groups is 1. The molecule has 7 nitrogen and oxygen atoms in total. The molecule has 128 valence electrons. The third-order valence-corrected chi connectivity index (χ3v) is 4.27. The number of pyridine rings is 1. The van der Waals surface area contributed by atoms with E-state index >= 15 is 0 Å². The first-order chi connectivity index (χ1) is 11.6. The minimum atomic E-state index is -0.353. The van der Waals surface area contributed by atoms with Gasteiger partial charge in [-0.1, -0.05) is 5.16 Å². The standard InChI is InChI=1S/C17H22N4O3/c1-11(15-12(2)20-24-13(15)3)17(22)19-14-5-4-6-18-16(14)21-7-9-23-10-8-21/h4-6,11H,7-10H2,1-3H3,(H,19,22)/t11-/m0/s1. The van der Waals surface area contributed by atoms with Crippen molar-refractivity contribution < 1.29 is 14.1 Å². The number of ether oxygens (including phenoxy) is 1. The smallest absolute Gasteiger partial charge is 0.231 e. The van der Waals surface area contributed by atoms with E-state index in [0.717, 1.165) is 30.2 Å². The second kappa shape index (κ2) is 7.00. The number of hydrogen-bond acceptors (Lipinski definition) is 6. The topological polar surface area (TPSA) is 80.5 Å². The van der Waals surface area contributed by atoms with Gasteiger partial charge in [-0.05, 0) is 32.9 Å². The maximum atomic E-state index is 12.7. The van der Waals surface area contributed by atoms with Crippen molar-refractivity contribution in [1.82, 2.24) is 10.1 Å². The Bertz CT molecular complexity index is 703. The predicted octanol–water partition coefficient (Wildman–Crippen LogP) is 2.27. The van der Waals surface area contributed by atoms with Gasteiger partial charge in [-0.3, -0.25) is 4.79 Å². The molecule has 0 radical (unpaired) electrons. The lowest BCUT2D eigenvalue weighted by Crippen LogP contribution is -2.37. The van der Waals surface area contributed by atoms with Crippen LogP contribution in [0.4, 0.5) is 11.5 Å². The summed E-state index contributed by atoms with van der Waals surface area (Å²) in [4.78, 5) is 19.3. The van der Waals surface area contributed by atoms with Gasteiger partial charge in [-0.25, -0.2) is 4.98 Å². The highest BCUT2D eigenvalue weighted by atomic mass is 16.5. The summed E-state index contributed by atoms with van der Waals surface area (Å²) in [6.07, 6.45) is 1.73. The van der Waals surface area contributed by atoms with Gasteiger partial charge in [0.05, 0.1) is 30.5 Å². The summed E-state index contributed by atoms with van der Waals surface area (Å²) in [5.41, 5.74) is 2.29. The lowest BCUT2D eigenvalue weighted by Gasteiger charge is -2.29. The van der Waals surface area contributed by atoms with Crippen molar-refractivity contribution in [3.8, 4) is 0 Å². The van der Waals surface area contributed by atoms with Crippen molar-refractivity contribution in [3.63, 3.8) is 0 Å². The quantitative estimate of drug-likeness (QED) is 0.926. The van der Waals surface area contributed by atoms with Crippen LogP contribution in [-0.4, -0.2) is 42.4 Å². The van der Waals surface area contributed by atoms with Crippen LogP contribution in [-0.2, 0) is 9.53 Å². The summed E-state index contributed by atoms with van der Waals surface area (Å²) in [7, 11) is 0. The third kappa shape index (κ3) is 3.26. The normalized spacial score (nSPS) is 16.0. The van der Waals surface area contributed by atoms with Crippen molar-refractivity contribution in [2.75, 3.05) is 36.5 Å². The van der Waals surface area contributed by atoms with Crippen LogP contribution in [0.25, 0.3) is 0 Å². The molecule has 1 fully saturated rings. The summed E-state index contributed by atoms with van der Waals surface area (Å²) in [6, 6.07) is 3.69. The Balaban J connectivity index is 1.79. The van der Waals surface area contributed by atoms with E-state index in [2.05, 4.69) is 20.4 Å². The summed E-state index contributed by atoms with van der Waals surface area (Å²) < 4.78 is 10.6. The number of rotatable bonds is 4. The van der Waals surface area contributed by atoms with Crippen LogP contribution in [0.3, 0.4) is 0 Å². The molecule has 24 heavy (non-hydrogen) atoms. The molecule has 1 amide bonds. The van der Waals surface area contributed by atoms with Crippen molar-refractivity contribution in [3.05, 3.63) is 35.3 Å². The molecule has 0 aliphatic carbocycles. The second-order valence-electron chi connectivity index (χ2n) is 5.92. The van der Waals surface area contributed by atoms with Crippen LogP contribution in [0.5, 0.6) is 0 Å². The maximum absolute atomic E-state index is 12.7. The number of aryl methyl sites for hydroxylation is 2. The van der Waals surface area contributed by atoms with Crippen LogP contribution in [0, 0.1) is 13.8 Å². The molecule has 1 N–H and O–H groups in total. The average Bonchev–Trinajstić information content (AvgIpc) is 2.94. The van der Waals surface area contributed by atoms with E-state index in [-0.39, 0.29) is 11.8 Å². The van der Waals surface area contributed by atoms with E-state index in [1.165, 1.54) is 0 Å². The maximum Gasteiger partial charge on any atom is 0.231 e. The molecule has 3 heterocycles. The highest BCUT2D eigenvalue weighted by Crippen LogP contribution is 2.27. The molecule has 1 aliphatic heterocycles. The Morgan fingerprint density at radius 3 is 2.75 bits per heavy atom. The van der Waals surface area contributed by atoms with Crippen LogP contribution in [0.1, 0.15) is 29.9 Å². The Kier molecular flexibility index (Phi) is 4.80. The zero-order chi connectivity index (χ0) is 17.1. The van der Waals surface area contributed by atoms with Gasteiger partial charge in [0.1, 0.15) is 5.76 Å². The van der Waals surface area contributed by atoms with Crippen LogP contribution >= 0.6 is 0 Å². The van der Waals surface area contributed by atoms with E-state index in [1.807, 2.05) is 32.9 Å². The SMILES string of the molecule is Cc1noc(C)c1[C@H](C)C(=O)Nc1cccnc1N1CCOCC1. The Morgan fingerprint density at radius 2 is 2.08 bits per heavy atom. The van der Waals surface area contributed by atoms with Crippen LogP contribution < -0.4 is 10.2 Å². The van der Waals surface area contributed by atoms with Crippen LogP contribution in [0.15, 0.2) is 22.9 Å². The minimum absolute atomic E-state index is 0.105. The zero-order valence-corrected chi connectivity index (χ0v) is 14.2. The fraction of sp³-hybridized carbons (Fsp3) is 0.471. The number of aromatic nitrogens is 2. The van der Waals surface area contributed by atoms with Gasteiger partial charge in [0.15, 0.2) is 5.82 Å². The fourth-order valence-corrected chi connectivity index (χ4v) is 3.00. The van der Waals surface area contributed by atoms with Gasteiger partial charge in [0.25, 0.3) is 0 Å². The first-order valence-electron chi connectivity index (χ1n) is 8.09. The Morgan fingerprint density at radius 1 is 1.33 bits per heavy atom. The number of morpholine rings is 1. The first kappa shape index (κ1) is 16.4. The molecule has 0 bridgehead atoms. The van der Waals surface area contributed by atoms with E-state index in [1.54, 1.807) is 6.20 Å². The fourth-order valence-electron chi connectivity index (χ4n) is 3.00. The van der Waals surface area contributed by atoms with Gasteiger partial charge in [0, 0.05) is 24.8 Å². The van der Waals surface area contributed by atoms with Gasteiger partial charge >= 0.3 is 0 Å². The molecule has 0 saturated carbocycles. The number of nitrogens with one attached hydrogen (secondary N) is 1. The molecule has 1 atom stereocenters. The van der Waals surface area contributed by atoms with Gasteiger partial charge in [0.2, 0.25) is 5.91 Å². The first-order valence-corrected chi connectivity index (χ1v) is 8.09. The highest BCUT2D eigenvalue weighted by molar-refractivity contribution is 5.98. The Labute approximate surface area is 141 Å². The lowest BCUT2D eigenvalue weighted by atomic mass is 9.98. The minimum Gasteiger partial charge on any atom is -0.378 e. The van der Waals surface area contributed by atoms with Crippen molar-refractivity contribution in [2.45, 2.75) is 26.7 Å². The zero-order valence-electron chi connectivity index (χ0n) is 14.2. The van der Waals surface area contributed by atoms with Gasteiger partial charge in [-0.2, -0.15) is 0 Å². The number of nitrogens with zero attached hydrogens (tertiary/aromatic N) is 3. The third-order valence-electron chi connectivity index (χ3n) is 4.27. The number of amides is 1. The number of hydrogen-bond donors (Lipinski definition) is 1. The molecule has 2 aromatic rings. The number of anilines is 2. The van der Waals surface area contributed by atoms with Crippen LogP contribution in [0.2, 0.25) is 0 Å². The van der Waals surface area contributed by atoms with Gasteiger partial charge in [-0.15, -0.1) is 0 Å². The molecule has 0 aromatic carbocycles. The lowest BCUT2D eigenvalue weighted by molar-refractivity contribution is -0.117. The summed E-state index contributed by atoms with van der Waals surface area (Å²) in [6.45, 7) is 8.38. The van der Waals surface area contributed by atoms with E-state index in [9.17, 15) is 4.79 Å². The van der Waals surface area contributed by atoms with Gasteiger partial charge < -0.3 is 19.5 Å². The van der Waals surface area contributed by atoms with Crippen molar-refractivity contribution >= 4 is 17.4 Å². The monoisotopic (exact) mass is 330 g/mol. The summed E-state index contributed by atoms with van der Waals surface area (Å²) in [5, 5.41) is 6.93. The Hall–Kier alpha value is -2.41. The van der Waals surface area contributed by atoms with Crippen molar-refractivity contribution in [1.29, 1.82) is 0 Å². The van der Waals surface area contributed by atoms with E-state index in [4.69, 9.17) is 9.26 Å². The molecule has 7 heteroatoms. The van der Waals surface area contributed by atoms with E-state index in [0.29, 0.717) is 24.7 Å². The predicted molar refractivity (Wildman–Crippen MR) is 90.3 cm³/mol.